The third kappa shape index (κ3) is 1.40. The molecular weight excluding hydrogens is 268 g/mol. The van der Waals surface area contributed by atoms with Gasteiger partial charge in [-0.25, -0.2) is 0 Å². The Morgan fingerprint density at radius 1 is 1.00 bits per heavy atom. The molecule has 0 saturated carbocycles. The molecule has 3 aromatic rings. The molecule has 0 spiro atoms. The van der Waals surface area contributed by atoms with E-state index in [1.54, 1.807) is 0 Å². The Balaban J connectivity index is 2.56. The molecule has 0 radical (unpaired) electrons. The lowest BCUT2D eigenvalue weighted by molar-refractivity contribution is 1.47. The summed E-state index contributed by atoms with van der Waals surface area (Å²) in [5, 5.41) is 2.71. The minimum absolute atomic E-state index is 1.19. The van der Waals surface area contributed by atoms with Crippen molar-refractivity contribution in [2.75, 3.05) is 0 Å². The lowest BCUT2D eigenvalue weighted by atomic mass is 10.1. The maximum Gasteiger partial charge on any atom is 0.0358 e. The fraction of sp³-hybridized carbons (Fsp3) is 0.0769. The first-order chi connectivity index (χ1) is 7.25. The number of thiophene rings is 1. The van der Waals surface area contributed by atoms with E-state index in [9.17, 15) is 0 Å². The molecule has 1 aromatic heterocycles. The van der Waals surface area contributed by atoms with Crippen molar-refractivity contribution in [2.24, 2.45) is 0 Å². The SMILES string of the molecule is Cc1cc2sc3ccccc3c2cc1Br. The minimum atomic E-state index is 1.19. The number of rotatable bonds is 0. The molecule has 0 amide bonds. The van der Waals surface area contributed by atoms with Crippen LogP contribution in [0.1, 0.15) is 5.56 Å². The maximum absolute atomic E-state index is 3.59. The van der Waals surface area contributed by atoms with Gasteiger partial charge in [-0.3, -0.25) is 0 Å². The molecule has 2 aromatic carbocycles. The second-order valence-electron chi connectivity index (χ2n) is 3.70. The van der Waals surface area contributed by atoms with Crippen LogP contribution in [0.15, 0.2) is 40.9 Å². The van der Waals surface area contributed by atoms with Crippen LogP contribution in [0.3, 0.4) is 0 Å². The normalized spacial score (nSPS) is 11.3. The molecular formula is C13H9BrS. The van der Waals surface area contributed by atoms with E-state index in [1.807, 2.05) is 11.3 Å². The summed E-state index contributed by atoms with van der Waals surface area (Å²) in [4.78, 5) is 0. The highest BCUT2D eigenvalue weighted by molar-refractivity contribution is 9.10. The number of halogens is 1. The molecule has 0 aliphatic carbocycles. The fourth-order valence-electron chi connectivity index (χ4n) is 1.85. The van der Waals surface area contributed by atoms with Gasteiger partial charge in [-0.05, 0) is 30.7 Å². The van der Waals surface area contributed by atoms with Crippen molar-refractivity contribution < 1.29 is 0 Å². The van der Waals surface area contributed by atoms with Crippen LogP contribution in [0.2, 0.25) is 0 Å². The van der Waals surface area contributed by atoms with Crippen LogP contribution in [-0.2, 0) is 0 Å². The Bertz CT molecular complexity index is 652. The van der Waals surface area contributed by atoms with Crippen molar-refractivity contribution in [3.8, 4) is 0 Å². The molecule has 0 atom stereocenters. The monoisotopic (exact) mass is 276 g/mol. The molecule has 0 saturated heterocycles. The lowest BCUT2D eigenvalue weighted by Crippen LogP contribution is -1.73. The zero-order valence-corrected chi connectivity index (χ0v) is 10.7. The summed E-state index contributed by atoms with van der Waals surface area (Å²) in [5.41, 5.74) is 1.30. The Labute approximate surface area is 101 Å². The van der Waals surface area contributed by atoms with Gasteiger partial charge in [0.25, 0.3) is 0 Å². The summed E-state index contributed by atoms with van der Waals surface area (Å²) >= 11 is 5.46. The van der Waals surface area contributed by atoms with E-state index in [0.29, 0.717) is 0 Å². The summed E-state index contributed by atoms with van der Waals surface area (Å²) in [6.45, 7) is 2.13. The summed E-state index contributed by atoms with van der Waals surface area (Å²) in [5.74, 6) is 0. The highest BCUT2D eigenvalue weighted by Gasteiger charge is 2.05. The fourth-order valence-corrected chi connectivity index (χ4v) is 3.38. The van der Waals surface area contributed by atoms with Crippen molar-refractivity contribution in [3.05, 3.63) is 46.4 Å². The minimum Gasteiger partial charge on any atom is -0.135 e. The molecule has 74 valence electrons. The van der Waals surface area contributed by atoms with E-state index in [0.717, 1.165) is 0 Å². The zero-order chi connectivity index (χ0) is 10.4. The summed E-state index contributed by atoms with van der Waals surface area (Å²) in [7, 11) is 0. The maximum atomic E-state index is 3.59. The first kappa shape index (κ1) is 9.37. The van der Waals surface area contributed by atoms with Crippen LogP contribution in [0.4, 0.5) is 0 Å². The van der Waals surface area contributed by atoms with Crippen LogP contribution >= 0.6 is 27.3 Å². The van der Waals surface area contributed by atoms with Crippen LogP contribution < -0.4 is 0 Å². The molecule has 0 aliphatic rings. The Morgan fingerprint density at radius 3 is 2.67 bits per heavy atom. The summed E-state index contributed by atoms with van der Waals surface area (Å²) in [6, 6.07) is 13.1. The average Bonchev–Trinajstić information content (AvgIpc) is 2.57. The van der Waals surface area contributed by atoms with E-state index in [-0.39, 0.29) is 0 Å². The van der Waals surface area contributed by atoms with Crippen molar-refractivity contribution in [1.29, 1.82) is 0 Å². The summed E-state index contributed by atoms with van der Waals surface area (Å²) < 4.78 is 3.93. The van der Waals surface area contributed by atoms with Gasteiger partial charge in [-0.1, -0.05) is 34.1 Å². The van der Waals surface area contributed by atoms with Gasteiger partial charge in [0.15, 0.2) is 0 Å². The molecule has 0 fully saturated rings. The van der Waals surface area contributed by atoms with Crippen molar-refractivity contribution >= 4 is 47.4 Å². The van der Waals surface area contributed by atoms with Gasteiger partial charge in [0.2, 0.25) is 0 Å². The topological polar surface area (TPSA) is 0 Å². The molecule has 0 unspecified atom stereocenters. The number of benzene rings is 2. The quantitative estimate of drug-likeness (QED) is 0.534. The number of aryl methyl sites for hydroxylation is 1. The molecule has 0 nitrogen and oxygen atoms in total. The first-order valence-corrected chi connectivity index (χ1v) is 6.44. The summed E-state index contributed by atoms with van der Waals surface area (Å²) in [6.07, 6.45) is 0. The van der Waals surface area contributed by atoms with Gasteiger partial charge in [-0.2, -0.15) is 0 Å². The molecule has 2 heteroatoms. The van der Waals surface area contributed by atoms with Gasteiger partial charge < -0.3 is 0 Å². The van der Waals surface area contributed by atoms with Gasteiger partial charge in [0, 0.05) is 24.6 Å². The molecule has 3 rings (SSSR count). The molecule has 1 heterocycles. The number of hydrogen-bond donors (Lipinski definition) is 0. The standard InChI is InChI=1S/C13H9BrS/c1-8-6-13-10(7-11(8)14)9-4-2-3-5-12(9)15-13/h2-7H,1H3. The Hall–Kier alpha value is -0.860. The van der Waals surface area contributed by atoms with Crippen LogP contribution in [0.5, 0.6) is 0 Å². The van der Waals surface area contributed by atoms with Crippen LogP contribution in [-0.4, -0.2) is 0 Å². The van der Waals surface area contributed by atoms with E-state index >= 15 is 0 Å². The zero-order valence-electron chi connectivity index (χ0n) is 8.25. The molecule has 15 heavy (non-hydrogen) atoms. The number of fused-ring (bicyclic) bond motifs is 3. The van der Waals surface area contributed by atoms with Gasteiger partial charge in [0.05, 0.1) is 0 Å². The van der Waals surface area contributed by atoms with E-state index in [2.05, 4.69) is 59.3 Å². The molecule has 0 N–H and O–H groups in total. The average molecular weight is 277 g/mol. The predicted octanol–water partition coefficient (Wildman–Crippen LogP) is 5.13. The third-order valence-corrected chi connectivity index (χ3v) is 4.65. The Kier molecular flexibility index (Phi) is 2.08. The van der Waals surface area contributed by atoms with Gasteiger partial charge in [0.1, 0.15) is 0 Å². The van der Waals surface area contributed by atoms with Crippen LogP contribution in [0.25, 0.3) is 20.2 Å². The third-order valence-electron chi connectivity index (χ3n) is 2.66. The first-order valence-electron chi connectivity index (χ1n) is 4.83. The largest absolute Gasteiger partial charge is 0.135 e. The van der Waals surface area contributed by atoms with Crippen molar-refractivity contribution in [2.45, 2.75) is 6.92 Å². The lowest BCUT2D eigenvalue weighted by Gasteiger charge is -1.97. The van der Waals surface area contributed by atoms with E-state index in [4.69, 9.17) is 0 Å². The highest BCUT2D eigenvalue weighted by atomic mass is 79.9. The van der Waals surface area contributed by atoms with E-state index in [1.165, 1.54) is 30.2 Å². The van der Waals surface area contributed by atoms with Gasteiger partial charge >= 0.3 is 0 Å². The van der Waals surface area contributed by atoms with Crippen molar-refractivity contribution in [3.63, 3.8) is 0 Å². The van der Waals surface area contributed by atoms with Gasteiger partial charge in [-0.15, -0.1) is 11.3 Å². The van der Waals surface area contributed by atoms with Crippen molar-refractivity contribution in [1.82, 2.24) is 0 Å². The molecule has 0 bridgehead atoms. The predicted molar refractivity (Wildman–Crippen MR) is 71.8 cm³/mol. The Morgan fingerprint density at radius 2 is 1.80 bits per heavy atom. The number of hydrogen-bond acceptors (Lipinski definition) is 1. The highest BCUT2D eigenvalue weighted by Crippen LogP contribution is 2.36. The second-order valence-corrected chi connectivity index (χ2v) is 5.63. The molecule has 0 aliphatic heterocycles. The smallest absolute Gasteiger partial charge is 0.0358 e. The van der Waals surface area contributed by atoms with Crippen LogP contribution in [0, 0.1) is 6.92 Å². The second kappa shape index (κ2) is 3.32. The van der Waals surface area contributed by atoms with E-state index < -0.39 is 0 Å².